The third-order valence-electron chi connectivity index (χ3n) is 6.23. The van der Waals surface area contributed by atoms with E-state index in [4.69, 9.17) is 16.3 Å². The molecule has 3 aromatic rings. The molecule has 1 fully saturated rings. The number of carbonyl (C=O) groups excluding carboxylic acids is 2. The number of hydrogen-bond acceptors (Lipinski definition) is 3. The maximum atomic E-state index is 13.2. The van der Waals surface area contributed by atoms with Gasteiger partial charge in [-0.1, -0.05) is 36.9 Å². The lowest BCUT2D eigenvalue weighted by molar-refractivity contribution is -0.123. The van der Waals surface area contributed by atoms with Gasteiger partial charge >= 0.3 is 6.03 Å². The average molecular weight is 469 g/mol. The van der Waals surface area contributed by atoms with E-state index in [0.29, 0.717) is 36.5 Å². The van der Waals surface area contributed by atoms with Crippen molar-refractivity contribution >= 4 is 40.1 Å². The van der Waals surface area contributed by atoms with Crippen LogP contribution in [0.15, 0.2) is 48.7 Å². The Balaban J connectivity index is 1.38. The number of benzene rings is 2. The maximum absolute atomic E-state index is 13.2. The van der Waals surface area contributed by atoms with E-state index in [1.165, 1.54) is 0 Å². The molecule has 4 rings (SSSR count). The van der Waals surface area contributed by atoms with Gasteiger partial charge in [-0.2, -0.15) is 0 Å². The molecule has 0 bridgehead atoms. The second-order valence-corrected chi connectivity index (χ2v) is 8.90. The van der Waals surface area contributed by atoms with Crippen LogP contribution in [0.1, 0.15) is 37.7 Å². The summed E-state index contributed by atoms with van der Waals surface area (Å²) < 4.78 is 5.32. The average Bonchev–Trinajstić information content (AvgIpc) is 3.21. The molecule has 0 aliphatic heterocycles. The minimum absolute atomic E-state index is 0.205. The number of H-pyrrole nitrogens is 1. The quantitative estimate of drug-likeness (QED) is 0.392. The molecule has 174 valence electrons. The highest BCUT2D eigenvalue weighted by Crippen LogP contribution is 2.30. The summed E-state index contributed by atoms with van der Waals surface area (Å²) >= 11 is 6.05. The number of urea groups is 1. The van der Waals surface area contributed by atoms with Gasteiger partial charge in [-0.3, -0.25) is 4.79 Å². The Bertz CT molecular complexity index is 1140. The van der Waals surface area contributed by atoms with Gasteiger partial charge in [0.25, 0.3) is 0 Å². The first-order valence-corrected chi connectivity index (χ1v) is 11.6. The van der Waals surface area contributed by atoms with Crippen molar-refractivity contribution in [2.75, 3.05) is 19.0 Å². The van der Waals surface area contributed by atoms with Gasteiger partial charge in [0.2, 0.25) is 5.91 Å². The van der Waals surface area contributed by atoms with Crippen LogP contribution in [-0.2, 0) is 11.2 Å². The molecule has 0 radical (unpaired) electrons. The molecule has 1 aliphatic carbocycles. The highest BCUT2D eigenvalue weighted by Gasteiger charge is 2.41. The summed E-state index contributed by atoms with van der Waals surface area (Å²) in [5.74, 6) is 0.586. The van der Waals surface area contributed by atoms with E-state index in [-0.39, 0.29) is 11.9 Å². The third kappa shape index (κ3) is 5.42. The van der Waals surface area contributed by atoms with Crippen LogP contribution in [0.3, 0.4) is 0 Å². The minimum atomic E-state index is -0.932. The van der Waals surface area contributed by atoms with Crippen molar-refractivity contribution in [2.45, 2.75) is 44.1 Å². The van der Waals surface area contributed by atoms with Gasteiger partial charge < -0.3 is 25.7 Å². The fraction of sp³-hybridized carbons (Fsp3) is 0.360. The van der Waals surface area contributed by atoms with Gasteiger partial charge in [-0.05, 0) is 61.2 Å². The van der Waals surface area contributed by atoms with Crippen molar-refractivity contribution in [3.63, 3.8) is 0 Å². The zero-order valence-corrected chi connectivity index (χ0v) is 19.4. The topological polar surface area (TPSA) is 95.2 Å². The van der Waals surface area contributed by atoms with Crippen LogP contribution in [0.25, 0.3) is 10.9 Å². The predicted octanol–water partition coefficient (Wildman–Crippen LogP) is 5.01. The zero-order chi connectivity index (χ0) is 23.3. The van der Waals surface area contributed by atoms with Gasteiger partial charge in [0.15, 0.2) is 0 Å². The molecule has 3 amide bonds. The number of amides is 3. The predicted molar refractivity (Wildman–Crippen MR) is 131 cm³/mol. The first kappa shape index (κ1) is 23.0. The summed E-state index contributed by atoms with van der Waals surface area (Å²) in [4.78, 5) is 29.2. The molecule has 2 aromatic carbocycles. The molecule has 1 saturated carbocycles. The summed E-state index contributed by atoms with van der Waals surface area (Å²) in [6, 6.07) is 12.6. The van der Waals surface area contributed by atoms with Crippen molar-refractivity contribution in [3.8, 4) is 5.75 Å². The molecule has 4 N–H and O–H groups in total. The second kappa shape index (κ2) is 10.2. The molecular formula is C25H29ClN4O3. The van der Waals surface area contributed by atoms with E-state index in [0.717, 1.165) is 41.5 Å². The first-order valence-electron chi connectivity index (χ1n) is 11.3. The van der Waals surface area contributed by atoms with Crippen molar-refractivity contribution in [2.24, 2.45) is 0 Å². The Morgan fingerprint density at radius 1 is 1.12 bits per heavy atom. The van der Waals surface area contributed by atoms with E-state index >= 15 is 0 Å². The van der Waals surface area contributed by atoms with Crippen molar-refractivity contribution < 1.29 is 14.3 Å². The number of hydrogen-bond donors (Lipinski definition) is 4. The molecule has 7 nitrogen and oxygen atoms in total. The molecule has 1 aromatic heterocycles. The SMILES string of the molecule is COc1ccc2[nH]cc(CCNC(=O)NC3(C(=O)Nc4cccc(Cl)c4)CCCCC3)c2c1. The van der Waals surface area contributed by atoms with Gasteiger partial charge in [0.1, 0.15) is 11.3 Å². The Labute approximate surface area is 198 Å². The number of nitrogens with one attached hydrogen (secondary N) is 4. The zero-order valence-electron chi connectivity index (χ0n) is 18.7. The molecule has 0 spiro atoms. The van der Waals surface area contributed by atoms with Crippen LogP contribution in [0.2, 0.25) is 5.02 Å². The molecule has 0 atom stereocenters. The van der Waals surface area contributed by atoms with Gasteiger partial charge in [0.05, 0.1) is 7.11 Å². The molecule has 0 saturated heterocycles. The molecular weight excluding hydrogens is 440 g/mol. The number of halogens is 1. The lowest BCUT2D eigenvalue weighted by Crippen LogP contribution is -2.60. The first-order chi connectivity index (χ1) is 16.0. The number of carbonyl (C=O) groups is 2. The third-order valence-corrected chi connectivity index (χ3v) is 6.47. The van der Waals surface area contributed by atoms with E-state index in [1.807, 2.05) is 24.4 Å². The molecule has 8 heteroatoms. The van der Waals surface area contributed by atoms with Gasteiger partial charge in [0, 0.05) is 34.4 Å². The normalized spacial score (nSPS) is 15.1. The van der Waals surface area contributed by atoms with Gasteiger partial charge in [-0.15, -0.1) is 0 Å². The van der Waals surface area contributed by atoms with Crippen LogP contribution in [-0.4, -0.2) is 36.1 Å². The highest BCUT2D eigenvalue weighted by molar-refractivity contribution is 6.30. The Morgan fingerprint density at radius 3 is 2.70 bits per heavy atom. The van der Waals surface area contributed by atoms with E-state index in [9.17, 15) is 9.59 Å². The van der Waals surface area contributed by atoms with Crippen molar-refractivity contribution in [1.82, 2.24) is 15.6 Å². The van der Waals surface area contributed by atoms with Gasteiger partial charge in [-0.25, -0.2) is 4.79 Å². The lowest BCUT2D eigenvalue weighted by atomic mass is 9.81. The second-order valence-electron chi connectivity index (χ2n) is 8.46. The number of rotatable bonds is 7. The van der Waals surface area contributed by atoms with E-state index < -0.39 is 5.54 Å². The van der Waals surface area contributed by atoms with Crippen LogP contribution in [0.4, 0.5) is 10.5 Å². The van der Waals surface area contributed by atoms with Crippen LogP contribution in [0, 0.1) is 0 Å². The van der Waals surface area contributed by atoms with Crippen LogP contribution >= 0.6 is 11.6 Å². The molecule has 0 unspecified atom stereocenters. The summed E-state index contributed by atoms with van der Waals surface area (Å²) in [5, 5.41) is 10.4. The fourth-order valence-corrected chi connectivity index (χ4v) is 4.63. The van der Waals surface area contributed by atoms with Crippen molar-refractivity contribution in [1.29, 1.82) is 0 Å². The summed E-state index contributed by atoms with van der Waals surface area (Å²) in [7, 11) is 1.64. The molecule has 33 heavy (non-hydrogen) atoms. The maximum Gasteiger partial charge on any atom is 0.315 e. The number of fused-ring (bicyclic) bond motifs is 1. The number of anilines is 1. The molecule has 1 aliphatic rings. The fourth-order valence-electron chi connectivity index (χ4n) is 4.44. The summed E-state index contributed by atoms with van der Waals surface area (Å²) in [6.45, 7) is 0.446. The smallest absolute Gasteiger partial charge is 0.315 e. The standard InChI is InChI=1S/C25H29ClN4O3/c1-33-20-8-9-22-21(15-20)17(16-28-22)10-13-27-24(32)30-25(11-3-2-4-12-25)23(31)29-19-7-5-6-18(26)14-19/h5-9,14-16,28H,2-4,10-13H2,1H3,(H,29,31)(H2,27,30,32). The number of aromatic nitrogens is 1. The number of methoxy groups -OCH3 is 1. The Kier molecular flexibility index (Phi) is 7.08. The van der Waals surface area contributed by atoms with Crippen LogP contribution < -0.4 is 20.7 Å². The monoisotopic (exact) mass is 468 g/mol. The summed E-state index contributed by atoms with van der Waals surface area (Å²) in [6.07, 6.45) is 6.65. The largest absolute Gasteiger partial charge is 0.497 e. The van der Waals surface area contributed by atoms with Crippen LogP contribution in [0.5, 0.6) is 5.75 Å². The minimum Gasteiger partial charge on any atom is -0.497 e. The highest BCUT2D eigenvalue weighted by atomic mass is 35.5. The van der Waals surface area contributed by atoms with E-state index in [2.05, 4.69) is 20.9 Å². The lowest BCUT2D eigenvalue weighted by Gasteiger charge is -2.36. The number of ether oxygens (including phenoxy) is 1. The summed E-state index contributed by atoms with van der Waals surface area (Å²) in [5.41, 5.74) is 1.80. The van der Waals surface area contributed by atoms with Crippen molar-refractivity contribution in [3.05, 3.63) is 59.2 Å². The number of aromatic amines is 1. The van der Waals surface area contributed by atoms with E-state index in [1.54, 1.807) is 31.4 Å². The molecule has 1 heterocycles. The Morgan fingerprint density at radius 2 is 1.94 bits per heavy atom. The Hall–Kier alpha value is -3.19.